The predicted octanol–water partition coefficient (Wildman–Crippen LogP) is 3.84. The highest BCUT2D eigenvalue weighted by Crippen LogP contribution is 2.35. The minimum atomic E-state index is -3.98. The number of nitrogens with one attached hydrogen (secondary N) is 1. The van der Waals surface area contributed by atoms with Gasteiger partial charge in [-0.05, 0) is 69.0 Å². The summed E-state index contributed by atoms with van der Waals surface area (Å²) >= 11 is 6.22. The van der Waals surface area contributed by atoms with Gasteiger partial charge in [0, 0.05) is 23.7 Å². The highest BCUT2D eigenvalue weighted by atomic mass is 35.5. The summed E-state index contributed by atoms with van der Waals surface area (Å²) in [5.74, 6) is -0.543. The molecule has 1 saturated heterocycles. The van der Waals surface area contributed by atoms with E-state index in [0.29, 0.717) is 24.4 Å². The molecule has 4 rings (SSSR count). The average Bonchev–Trinajstić information content (AvgIpc) is 2.65. The molecule has 1 fully saturated rings. The number of aryl methyl sites for hydroxylation is 1. The van der Waals surface area contributed by atoms with Crippen LogP contribution in [0.5, 0.6) is 11.5 Å². The molecule has 32 heavy (non-hydrogen) atoms. The highest BCUT2D eigenvalue weighted by molar-refractivity contribution is 7.87. The Labute approximate surface area is 191 Å². The van der Waals surface area contributed by atoms with Crippen LogP contribution in [0.3, 0.4) is 0 Å². The second-order valence-electron chi connectivity index (χ2n) is 8.53. The van der Waals surface area contributed by atoms with E-state index in [1.807, 2.05) is 30.7 Å². The Balaban J connectivity index is 1.44. The fourth-order valence-corrected chi connectivity index (χ4v) is 4.95. The SMILES string of the molecule is CC1(C)CCc2cc(OCc3cc(F)c(C(=O)NS(=O)(=O)N4CCC4)cc3Cl)ccc2O1. The maximum absolute atomic E-state index is 14.6. The largest absolute Gasteiger partial charge is 0.489 e. The van der Waals surface area contributed by atoms with E-state index < -0.39 is 27.5 Å². The minimum Gasteiger partial charge on any atom is -0.489 e. The zero-order chi connectivity index (χ0) is 23.1. The van der Waals surface area contributed by atoms with Crippen LogP contribution in [-0.4, -0.2) is 37.3 Å². The first-order chi connectivity index (χ1) is 15.0. The molecule has 2 aromatic carbocycles. The number of rotatable bonds is 6. The van der Waals surface area contributed by atoms with Crippen molar-refractivity contribution in [1.29, 1.82) is 0 Å². The van der Waals surface area contributed by atoms with Gasteiger partial charge in [-0.25, -0.2) is 9.11 Å². The Kier molecular flexibility index (Phi) is 6.08. The number of ether oxygens (including phenoxy) is 2. The molecular formula is C22H24ClFN2O5S. The summed E-state index contributed by atoms with van der Waals surface area (Å²) < 4.78 is 53.4. The highest BCUT2D eigenvalue weighted by Gasteiger charge is 2.30. The molecule has 2 heterocycles. The van der Waals surface area contributed by atoms with Crippen LogP contribution in [0, 0.1) is 5.82 Å². The monoisotopic (exact) mass is 482 g/mol. The van der Waals surface area contributed by atoms with E-state index >= 15 is 0 Å². The summed E-state index contributed by atoms with van der Waals surface area (Å²) in [6.45, 7) is 4.72. The Morgan fingerprint density at radius 1 is 1.28 bits per heavy atom. The van der Waals surface area contributed by atoms with Crippen LogP contribution < -0.4 is 14.2 Å². The van der Waals surface area contributed by atoms with Crippen LogP contribution in [0.15, 0.2) is 30.3 Å². The van der Waals surface area contributed by atoms with Crippen molar-refractivity contribution in [3.05, 3.63) is 57.9 Å². The van der Waals surface area contributed by atoms with E-state index in [-0.39, 0.29) is 17.2 Å². The Morgan fingerprint density at radius 2 is 2.03 bits per heavy atom. The third-order valence-corrected chi connectivity index (χ3v) is 7.41. The lowest BCUT2D eigenvalue weighted by molar-refractivity contribution is 0.0844. The number of fused-ring (bicyclic) bond motifs is 1. The molecule has 2 aromatic rings. The van der Waals surface area contributed by atoms with Crippen molar-refractivity contribution in [1.82, 2.24) is 9.03 Å². The van der Waals surface area contributed by atoms with Crippen LogP contribution in [0.2, 0.25) is 5.02 Å². The van der Waals surface area contributed by atoms with Gasteiger partial charge in [-0.3, -0.25) is 4.79 Å². The molecule has 0 unspecified atom stereocenters. The lowest BCUT2D eigenvalue weighted by Crippen LogP contribution is -2.49. The van der Waals surface area contributed by atoms with Crippen LogP contribution >= 0.6 is 11.6 Å². The number of benzene rings is 2. The van der Waals surface area contributed by atoms with Gasteiger partial charge in [0.05, 0.1) is 5.56 Å². The molecule has 0 spiro atoms. The Morgan fingerprint density at radius 3 is 2.72 bits per heavy atom. The van der Waals surface area contributed by atoms with Gasteiger partial charge in [0.2, 0.25) is 0 Å². The van der Waals surface area contributed by atoms with Crippen LogP contribution in [0.1, 0.15) is 48.2 Å². The summed E-state index contributed by atoms with van der Waals surface area (Å²) in [4.78, 5) is 12.3. The van der Waals surface area contributed by atoms with Gasteiger partial charge in [-0.1, -0.05) is 11.6 Å². The number of halogens is 2. The molecule has 10 heteroatoms. The van der Waals surface area contributed by atoms with Gasteiger partial charge >= 0.3 is 10.2 Å². The van der Waals surface area contributed by atoms with Crippen molar-refractivity contribution < 1.29 is 27.1 Å². The van der Waals surface area contributed by atoms with Gasteiger partial charge in [0.1, 0.15) is 29.5 Å². The molecule has 172 valence electrons. The number of carbonyl (C=O) groups excluding carboxylic acids is 1. The molecule has 0 aromatic heterocycles. The van der Waals surface area contributed by atoms with E-state index in [1.165, 1.54) is 0 Å². The zero-order valence-corrected chi connectivity index (χ0v) is 19.4. The minimum absolute atomic E-state index is 0.0190. The lowest BCUT2D eigenvalue weighted by atomic mass is 9.94. The number of nitrogens with zero attached hydrogens (tertiary/aromatic N) is 1. The van der Waals surface area contributed by atoms with E-state index in [0.717, 1.165) is 47.0 Å². The van der Waals surface area contributed by atoms with Gasteiger partial charge in [0.25, 0.3) is 5.91 Å². The standard InChI is InChI=1S/C22H24ClFN2O5S/c1-22(2)7-6-14-10-16(4-5-20(14)31-22)30-13-15-11-19(24)17(12-18(15)23)21(27)25-32(28,29)26-8-3-9-26/h4-5,10-12H,3,6-9,13H2,1-2H3,(H,25,27). The van der Waals surface area contributed by atoms with Gasteiger partial charge in [-0.2, -0.15) is 12.7 Å². The molecule has 2 aliphatic heterocycles. The van der Waals surface area contributed by atoms with E-state index in [1.54, 1.807) is 6.07 Å². The van der Waals surface area contributed by atoms with Gasteiger partial charge in [0.15, 0.2) is 0 Å². The summed E-state index contributed by atoms with van der Waals surface area (Å²) in [6.07, 6.45) is 2.47. The van der Waals surface area contributed by atoms with Gasteiger partial charge in [-0.15, -0.1) is 0 Å². The summed E-state index contributed by atoms with van der Waals surface area (Å²) in [5.41, 5.74) is 0.718. The molecule has 1 amide bonds. The second kappa shape index (κ2) is 8.53. The van der Waals surface area contributed by atoms with Crippen molar-refractivity contribution in [3.63, 3.8) is 0 Å². The van der Waals surface area contributed by atoms with Crippen LogP contribution in [-0.2, 0) is 23.2 Å². The summed E-state index contributed by atoms with van der Waals surface area (Å²) in [7, 11) is -3.98. The second-order valence-corrected chi connectivity index (χ2v) is 10.6. The van der Waals surface area contributed by atoms with Crippen molar-refractivity contribution in [2.45, 2.75) is 45.3 Å². The third kappa shape index (κ3) is 4.84. The molecule has 0 atom stereocenters. The molecular weight excluding hydrogens is 459 g/mol. The van der Waals surface area contributed by atoms with Crippen LogP contribution in [0.4, 0.5) is 4.39 Å². The third-order valence-electron chi connectivity index (χ3n) is 5.57. The average molecular weight is 483 g/mol. The van der Waals surface area contributed by atoms with Crippen LogP contribution in [0.25, 0.3) is 0 Å². The van der Waals surface area contributed by atoms with E-state index in [4.69, 9.17) is 21.1 Å². The lowest BCUT2D eigenvalue weighted by Gasteiger charge is -2.32. The first-order valence-corrected chi connectivity index (χ1v) is 12.1. The maximum Gasteiger partial charge on any atom is 0.304 e. The summed E-state index contributed by atoms with van der Waals surface area (Å²) in [6, 6.07) is 7.70. The van der Waals surface area contributed by atoms with Gasteiger partial charge < -0.3 is 9.47 Å². The normalized spacial score (nSPS) is 17.6. The smallest absolute Gasteiger partial charge is 0.304 e. The summed E-state index contributed by atoms with van der Waals surface area (Å²) in [5, 5.41) is 0.0981. The van der Waals surface area contributed by atoms with Crippen molar-refractivity contribution in [2.24, 2.45) is 0 Å². The number of hydrogen-bond donors (Lipinski definition) is 1. The number of amides is 1. The zero-order valence-electron chi connectivity index (χ0n) is 17.8. The first-order valence-electron chi connectivity index (χ1n) is 10.3. The van der Waals surface area contributed by atoms with E-state index in [9.17, 15) is 17.6 Å². The first kappa shape index (κ1) is 22.8. The molecule has 0 saturated carbocycles. The fourth-order valence-electron chi connectivity index (χ4n) is 3.52. The molecule has 0 aliphatic carbocycles. The quantitative estimate of drug-likeness (QED) is 0.676. The topological polar surface area (TPSA) is 84.9 Å². The Hall–Kier alpha value is -2.36. The van der Waals surface area contributed by atoms with E-state index in [2.05, 4.69) is 0 Å². The maximum atomic E-state index is 14.6. The van der Waals surface area contributed by atoms with Crippen molar-refractivity contribution in [2.75, 3.05) is 13.1 Å². The Bertz CT molecular complexity index is 1170. The molecule has 7 nitrogen and oxygen atoms in total. The number of carbonyl (C=O) groups is 1. The molecule has 2 aliphatic rings. The predicted molar refractivity (Wildman–Crippen MR) is 118 cm³/mol. The molecule has 0 bridgehead atoms. The van der Waals surface area contributed by atoms with Crippen molar-refractivity contribution in [3.8, 4) is 11.5 Å². The fraction of sp³-hybridized carbons (Fsp3) is 0.409. The molecule has 0 radical (unpaired) electrons. The van der Waals surface area contributed by atoms with Crippen molar-refractivity contribution >= 4 is 27.7 Å². The molecule has 1 N–H and O–H groups in total. The number of hydrogen-bond acceptors (Lipinski definition) is 5.